The molecule has 5 nitrogen and oxygen atoms in total. The van der Waals surface area contributed by atoms with E-state index in [0.717, 1.165) is 18.8 Å². The molecule has 1 fully saturated rings. The number of benzene rings is 2. The molecule has 134 valence electrons. The normalized spacial score (nSPS) is 19.7. The van der Waals surface area contributed by atoms with Gasteiger partial charge in [0.15, 0.2) is 0 Å². The average Bonchev–Trinajstić information content (AvgIpc) is 2.67. The zero-order valence-corrected chi connectivity index (χ0v) is 14.3. The number of amides is 2. The fourth-order valence-corrected chi connectivity index (χ4v) is 3.70. The maximum absolute atomic E-state index is 13.5. The quantitative estimate of drug-likeness (QED) is 0.903. The first kappa shape index (κ1) is 16.6. The van der Waals surface area contributed by atoms with Gasteiger partial charge in [0.1, 0.15) is 5.82 Å². The van der Waals surface area contributed by atoms with Crippen LogP contribution in [-0.2, 0) is 9.59 Å². The second-order valence-electron chi connectivity index (χ2n) is 6.68. The van der Waals surface area contributed by atoms with Crippen molar-refractivity contribution in [3.8, 4) is 0 Å². The summed E-state index contributed by atoms with van der Waals surface area (Å²) in [6, 6.07) is 14.3. The molecule has 2 aromatic carbocycles. The van der Waals surface area contributed by atoms with Gasteiger partial charge in [-0.25, -0.2) is 4.39 Å². The second kappa shape index (κ2) is 6.78. The van der Waals surface area contributed by atoms with Crippen LogP contribution >= 0.6 is 0 Å². The van der Waals surface area contributed by atoms with E-state index in [1.807, 2.05) is 23.1 Å². The Labute approximate surface area is 151 Å². The lowest BCUT2D eigenvalue weighted by Crippen LogP contribution is -2.50. The second-order valence-corrected chi connectivity index (χ2v) is 6.68. The summed E-state index contributed by atoms with van der Waals surface area (Å²) in [5.74, 6) is -1.26. The molecule has 1 N–H and O–H groups in total. The number of hydrogen-bond donors (Lipinski definition) is 1. The minimum Gasteiger partial charge on any atom is -0.368 e. The van der Waals surface area contributed by atoms with Crippen molar-refractivity contribution in [2.75, 3.05) is 36.4 Å². The lowest BCUT2D eigenvalue weighted by molar-refractivity contribution is -0.135. The molecule has 0 aromatic heterocycles. The number of nitrogens with one attached hydrogen (secondary N) is 1. The standard InChI is InChI=1S/C20H20FN3O2/c21-14-6-7-16-17(13-19(25)22-18(16)12-14)20(26)24-10-8-23(9-11-24)15-4-2-1-3-5-15/h1-7,12,17H,8-11,13H2,(H,22,25). The number of piperazine rings is 1. The molecule has 26 heavy (non-hydrogen) atoms. The van der Waals surface area contributed by atoms with Crippen molar-refractivity contribution in [1.29, 1.82) is 0 Å². The molecule has 0 radical (unpaired) electrons. The van der Waals surface area contributed by atoms with Crippen molar-refractivity contribution in [2.45, 2.75) is 12.3 Å². The van der Waals surface area contributed by atoms with E-state index in [4.69, 9.17) is 0 Å². The summed E-state index contributed by atoms with van der Waals surface area (Å²) < 4.78 is 13.5. The molecule has 1 saturated heterocycles. The van der Waals surface area contributed by atoms with Crippen molar-refractivity contribution >= 4 is 23.2 Å². The zero-order valence-electron chi connectivity index (χ0n) is 14.3. The Morgan fingerprint density at radius 3 is 2.50 bits per heavy atom. The van der Waals surface area contributed by atoms with Crippen LogP contribution in [0.5, 0.6) is 0 Å². The molecule has 2 aliphatic rings. The lowest BCUT2D eigenvalue weighted by atomic mass is 9.89. The van der Waals surface area contributed by atoms with E-state index in [-0.39, 0.29) is 18.2 Å². The van der Waals surface area contributed by atoms with Crippen LogP contribution in [0.25, 0.3) is 0 Å². The Kier molecular flexibility index (Phi) is 4.32. The van der Waals surface area contributed by atoms with Gasteiger partial charge in [0.05, 0.1) is 5.92 Å². The highest BCUT2D eigenvalue weighted by Crippen LogP contribution is 2.34. The third-order valence-corrected chi connectivity index (χ3v) is 5.07. The van der Waals surface area contributed by atoms with Crippen molar-refractivity contribution < 1.29 is 14.0 Å². The van der Waals surface area contributed by atoms with E-state index >= 15 is 0 Å². The fraction of sp³-hybridized carbons (Fsp3) is 0.300. The number of carbonyl (C=O) groups excluding carboxylic acids is 2. The van der Waals surface area contributed by atoms with E-state index < -0.39 is 11.7 Å². The van der Waals surface area contributed by atoms with Gasteiger partial charge in [0.2, 0.25) is 11.8 Å². The molecule has 4 rings (SSSR count). The average molecular weight is 353 g/mol. The van der Waals surface area contributed by atoms with Gasteiger partial charge in [-0.1, -0.05) is 24.3 Å². The van der Waals surface area contributed by atoms with E-state index in [0.29, 0.717) is 24.3 Å². The molecule has 1 atom stereocenters. The number of anilines is 2. The molecule has 0 saturated carbocycles. The monoisotopic (exact) mass is 353 g/mol. The Balaban J connectivity index is 1.48. The zero-order chi connectivity index (χ0) is 18.1. The summed E-state index contributed by atoms with van der Waals surface area (Å²) in [5.41, 5.74) is 2.25. The van der Waals surface area contributed by atoms with Crippen molar-refractivity contribution in [1.82, 2.24) is 4.90 Å². The van der Waals surface area contributed by atoms with E-state index in [9.17, 15) is 14.0 Å². The predicted molar refractivity (Wildman–Crippen MR) is 97.6 cm³/mol. The Morgan fingerprint density at radius 2 is 1.77 bits per heavy atom. The maximum Gasteiger partial charge on any atom is 0.230 e. The van der Waals surface area contributed by atoms with Crippen LogP contribution in [0.1, 0.15) is 17.9 Å². The Bertz CT molecular complexity index is 832. The van der Waals surface area contributed by atoms with Crippen LogP contribution in [-0.4, -0.2) is 42.9 Å². The van der Waals surface area contributed by atoms with Gasteiger partial charge in [-0.3, -0.25) is 9.59 Å². The highest BCUT2D eigenvalue weighted by molar-refractivity contribution is 6.01. The third kappa shape index (κ3) is 3.14. The molecule has 2 aliphatic heterocycles. The van der Waals surface area contributed by atoms with Crippen LogP contribution in [0.2, 0.25) is 0 Å². The minimum atomic E-state index is -0.539. The van der Waals surface area contributed by atoms with Crippen molar-refractivity contribution in [3.63, 3.8) is 0 Å². The van der Waals surface area contributed by atoms with Gasteiger partial charge in [-0.05, 0) is 29.8 Å². The summed E-state index contributed by atoms with van der Waals surface area (Å²) in [6.45, 7) is 2.74. The maximum atomic E-state index is 13.5. The first-order valence-corrected chi connectivity index (χ1v) is 8.80. The van der Waals surface area contributed by atoms with Gasteiger partial charge in [-0.15, -0.1) is 0 Å². The molecule has 0 bridgehead atoms. The summed E-state index contributed by atoms with van der Waals surface area (Å²) >= 11 is 0. The topological polar surface area (TPSA) is 52.7 Å². The molecular formula is C20H20FN3O2. The number of carbonyl (C=O) groups is 2. The summed E-state index contributed by atoms with van der Waals surface area (Å²) in [4.78, 5) is 29.0. The van der Waals surface area contributed by atoms with Gasteiger partial charge >= 0.3 is 0 Å². The minimum absolute atomic E-state index is 0.0552. The molecule has 2 aromatic rings. The molecule has 0 aliphatic carbocycles. The fourth-order valence-electron chi connectivity index (χ4n) is 3.70. The van der Waals surface area contributed by atoms with Crippen LogP contribution in [0.4, 0.5) is 15.8 Å². The largest absolute Gasteiger partial charge is 0.368 e. The summed E-state index contributed by atoms with van der Waals surface area (Å²) in [7, 11) is 0. The predicted octanol–water partition coefficient (Wildman–Crippen LogP) is 2.60. The summed E-state index contributed by atoms with van der Waals surface area (Å²) in [5, 5.41) is 2.66. The van der Waals surface area contributed by atoms with E-state index in [1.165, 1.54) is 12.1 Å². The number of rotatable bonds is 2. The van der Waals surface area contributed by atoms with Crippen molar-refractivity contribution in [3.05, 3.63) is 59.9 Å². The van der Waals surface area contributed by atoms with E-state index in [1.54, 1.807) is 6.07 Å². The van der Waals surface area contributed by atoms with Gasteiger partial charge in [0.25, 0.3) is 0 Å². The first-order valence-electron chi connectivity index (χ1n) is 8.80. The molecule has 2 amide bonds. The molecule has 0 spiro atoms. The van der Waals surface area contributed by atoms with Crippen LogP contribution < -0.4 is 10.2 Å². The highest BCUT2D eigenvalue weighted by Gasteiger charge is 2.34. The number of nitrogens with zero attached hydrogens (tertiary/aromatic N) is 2. The van der Waals surface area contributed by atoms with Gasteiger partial charge in [-0.2, -0.15) is 0 Å². The molecular weight excluding hydrogens is 333 g/mol. The summed E-state index contributed by atoms with van der Waals surface area (Å²) in [6.07, 6.45) is 0.108. The number of halogens is 1. The van der Waals surface area contributed by atoms with Crippen LogP contribution in [0, 0.1) is 5.82 Å². The molecule has 6 heteroatoms. The number of para-hydroxylation sites is 1. The molecule has 2 heterocycles. The van der Waals surface area contributed by atoms with E-state index in [2.05, 4.69) is 22.3 Å². The first-order chi connectivity index (χ1) is 12.6. The van der Waals surface area contributed by atoms with Crippen LogP contribution in [0.15, 0.2) is 48.5 Å². The Morgan fingerprint density at radius 1 is 1.04 bits per heavy atom. The number of fused-ring (bicyclic) bond motifs is 1. The Hall–Kier alpha value is -2.89. The number of hydrogen-bond acceptors (Lipinski definition) is 3. The lowest BCUT2D eigenvalue weighted by Gasteiger charge is -2.38. The third-order valence-electron chi connectivity index (χ3n) is 5.07. The van der Waals surface area contributed by atoms with Crippen LogP contribution in [0.3, 0.4) is 0 Å². The SMILES string of the molecule is O=C1CC(C(=O)N2CCN(c3ccccc3)CC2)c2ccc(F)cc2N1. The van der Waals surface area contributed by atoms with Gasteiger partial charge < -0.3 is 15.1 Å². The smallest absolute Gasteiger partial charge is 0.230 e. The van der Waals surface area contributed by atoms with Gasteiger partial charge in [0, 0.05) is 44.0 Å². The molecule has 1 unspecified atom stereocenters. The highest BCUT2D eigenvalue weighted by atomic mass is 19.1. The van der Waals surface area contributed by atoms with Crippen molar-refractivity contribution in [2.24, 2.45) is 0 Å².